The van der Waals surface area contributed by atoms with Gasteiger partial charge in [-0.3, -0.25) is 19.2 Å². The van der Waals surface area contributed by atoms with E-state index < -0.39 is 31.6 Å². The number of aliphatic hydroxyl groups is 1. The lowest BCUT2D eigenvalue weighted by atomic mass is 9.82. The molecule has 3 saturated heterocycles. The lowest BCUT2D eigenvalue weighted by Crippen LogP contribution is -2.45. The zero-order valence-corrected chi connectivity index (χ0v) is 35.3. The van der Waals surface area contributed by atoms with E-state index in [4.69, 9.17) is 4.74 Å². The molecule has 4 aliphatic heterocycles. The second kappa shape index (κ2) is 17.8. The third-order valence-electron chi connectivity index (χ3n) is 12.8. The number of amides is 4. The largest absolute Gasteiger partial charge is 0.395 e. The van der Waals surface area contributed by atoms with Crippen LogP contribution in [0, 0.1) is 5.92 Å². The van der Waals surface area contributed by atoms with Gasteiger partial charge in [-0.15, -0.1) is 0 Å². The van der Waals surface area contributed by atoms with Crippen LogP contribution in [0.3, 0.4) is 0 Å². The summed E-state index contributed by atoms with van der Waals surface area (Å²) in [6, 6.07) is 23.0. The SMILES string of the molecule is C[C@H]1[C@H]([Si](C)(C)F)[C@@H](CC(=O)N(CCO)Cc2ccccc2)O[C@]12C(=O)N(Cc1ccc(N3CCCCCCC3=O)cc1)c1ccc(N3CCCCCCC3=O)cc12. The highest BCUT2D eigenvalue weighted by atomic mass is 28.4. The Morgan fingerprint density at radius 2 is 1.43 bits per heavy atom. The monoisotopic (exact) mass is 810 g/mol. The van der Waals surface area contributed by atoms with Crippen LogP contribution < -0.4 is 14.7 Å². The van der Waals surface area contributed by atoms with Crippen LogP contribution in [0.1, 0.15) is 94.2 Å². The number of hydrogen-bond donors (Lipinski definition) is 1. The fraction of sp³-hybridized carbons (Fsp3) is 0.522. The minimum Gasteiger partial charge on any atom is -0.395 e. The molecule has 10 nitrogen and oxygen atoms in total. The van der Waals surface area contributed by atoms with Gasteiger partial charge in [0.15, 0.2) is 5.60 Å². The van der Waals surface area contributed by atoms with Gasteiger partial charge in [-0.05, 0) is 80.2 Å². The van der Waals surface area contributed by atoms with Crippen molar-refractivity contribution in [2.24, 2.45) is 5.92 Å². The first-order valence-corrected chi connectivity index (χ1v) is 24.3. The summed E-state index contributed by atoms with van der Waals surface area (Å²) in [5, 5.41) is 9.94. The molecule has 1 N–H and O–H groups in total. The van der Waals surface area contributed by atoms with Gasteiger partial charge in [0.25, 0.3) is 5.91 Å². The zero-order chi connectivity index (χ0) is 41.0. The maximum absolute atomic E-state index is 16.8. The van der Waals surface area contributed by atoms with Crippen molar-refractivity contribution in [1.82, 2.24) is 4.90 Å². The van der Waals surface area contributed by atoms with Crippen molar-refractivity contribution in [2.75, 3.05) is 40.9 Å². The molecule has 0 bridgehead atoms. The van der Waals surface area contributed by atoms with E-state index in [1.807, 2.05) is 89.5 Å². The molecule has 12 heteroatoms. The van der Waals surface area contributed by atoms with Crippen molar-refractivity contribution in [2.45, 2.75) is 121 Å². The first kappa shape index (κ1) is 41.8. The van der Waals surface area contributed by atoms with Gasteiger partial charge in [-0.2, -0.15) is 0 Å². The molecule has 1 spiro atoms. The van der Waals surface area contributed by atoms with Crippen molar-refractivity contribution in [1.29, 1.82) is 0 Å². The summed E-state index contributed by atoms with van der Waals surface area (Å²) >= 11 is 0. The van der Waals surface area contributed by atoms with E-state index in [0.29, 0.717) is 42.9 Å². The van der Waals surface area contributed by atoms with E-state index in [0.717, 1.165) is 68.2 Å². The summed E-state index contributed by atoms with van der Waals surface area (Å²) in [6.45, 7) is 6.74. The molecule has 0 unspecified atom stereocenters. The quantitative estimate of drug-likeness (QED) is 0.155. The van der Waals surface area contributed by atoms with Gasteiger partial charge in [-0.25, -0.2) is 0 Å². The lowest BCUT2D eigenvalue weighted by Gasteiger charge is -2.32. The summed E-state index contributed by atoms with van der Waals surface area (Å²) in [5.41, 5.74) is 2.21. The molecule has 4 amide bonds. The number of anilines is 3. The van der Waals surface area contributed by atoms with Crippen molar-refractivity contribution < 1.29 is 33.1 Å². The number of aliphatic hydroxyl groups excluding tert-OH is 1. The second-order valence-electron chi connectivity index (χ2n) is 17.2. The number of hydrogen-bond acceptors (Lipinski definition) is 6. The molecule has 0 saturated carbocycles. The number of fused-ring (bicyclic) bond motifs is 2. The molecule has 310 valence electrons. The first-order valence-electron chi connectivity index (χ1n) is 21.4. The van der Waals surface area contributed by atoms with Crippen LogP contribution in [0.5, 0.6) is 0 Å². The van der Waals surface area contributed by atoms with Gasteiger partial charge in [0.1, 0.15) is 0 Å². The highest BCUT2D eigenvalue weighted by molar-refractivity contribution is 6.72. The molecule has 3 aromatic carbocycles. The minimum absolute atomic E-state index is 0.0370. The Balaban J connectivity index is 1.25. The van der Waals surface area contributed by atoms with Gasteiger partial charge in [0.2, 0.25) is 26.1 Å². The fourth-order valence-corrected chi connectivity index (χ4v) is 12.4. The molecule has 3 fully saturated rings. The Labute approximate surface area is 343 Å². The first-order chi connectivity index (χ1) is 27.9. The Hall–Kier alpha value is -4.39. The highest BCUT2D eigenvalue weighted by Crippen LogP contribution is 2.61. The van der Waals surface area contributed by atoms with E-state index in [2.05, 4.69) is 0 Å². The summed E-state index contributed by atoms with van der Waals surface area (Å²) in [6.07, 6.45) is 7.69. The highest BCUT2D eigenvalue weighted by Gasteiger charge is 2.67. The van der Waals surface area contributed by atoms with E-state index in [1.54, 1.807) is 22.9 Å². The number of carbonyl (C=O) groups excluding carboxylic acids is 4. The van der Waals surface area contributed by atoms with Crippen LogP contribution in [0.4, 0.5) is 21.2 Å². The maximum Gasteiger partial charge on any atom is 0.264 e. The molecule has 7 rings (SSSR count). The Morgan fingerprint density at radius 3 is 2.05 bits per heavy atom. The third kappa shape index (κ3) is 8.51. The van der Waals surface area contributed by atoms with Gasteiger partial charge in [0.05, 0.1) is 31.4 Å². The number of carbonyl (C=O) groups is 4. The van der Waals surface area contributed by atoms with Crippen LogP contribution in [-0.4, -0.2) is 74.4 Å². The molecule has 3 aromatic rings. The number of nitrogens with zero attached hydrogens (tertiary/aromatic N) is 4. The van der Waals surface area contributed by atoms with Gasteiger partial charge >= 0.3 is 0 Å². The van der Waals surface area contributed by atoms with Crippen molar-refractivity contribution in [3.05, 3.63) is 89.5 Å². The van der Waals surface area contributed by atoms with E-state index in [1.165, 1.54) is 0 Å². The Morgan fingerprint density at radius 1 is 0.828 bits per heavy atom. The summed E-state index contributed by atoms with van der Waals surface area (Å²) in [7, 11) is -3.60. The fourth-order valence-electron chi connectivity index (χ4n) is 9.91. The number of benzene rings is 3. The van der Waals surface area contributed by atoms with Crippen LogP contribution in [0.15, 0.2) is 72.8 Å². The predicted octanol–water partition coefficient (Wildman–Crippen LogP) is 8.01. The third-order valence-corrected chi connectivity index (χ3v) is 15.3. The second-order valence-corrected chi connectivity index (χ2v) is 21.0. The molecule has 4 heterocycles. The number of rotatable bonds is 11. The van der Waals surface area contributed by atoms with Crippen LogP contribution in [0.2, 0.25) is 18.6 Å². The molecule has 0 radical (unpaired) electrons. The zero-order valence-electron chi connectivity index (χ0n) is 34.3. The number of halogens is 1. The molecule has 4 aliphatic rings. The maximum atomic E-state index is 16.8. The normalized spacial score (nSPS) is 24.4. The predicted molar refractivity (Wildman–Crippen MR) is 227 cm³/mol. The van der Waals surface area contributed by atoms with Crippen molar-refractivity contribution >= 4 is 49.1 Å². The summed E-state index contributed by atoms with van der Waals surface area (Å²) < 4.78 is 23.8. The minimum atomic E-state index is -3.60. The molecule has 0 aliphatic carbocycles. The van der Waals surface area contributed by atoms with Crippen LogP contribution >= 0.6 is 0 Å². The lowest BCUT2D eigenvalue weighted by molar-refractivity contribution is -0.150. The average molecular weight is 811 g/mol. The molecule has 0 aromatic heterocycles. The van der Waals surface area contributed by atoms with Gasteiger partial charge in [0, 0.05) is 67.4 Å². The molecular weight excluding hydrogens is 752 g/mol. The molecule has 4 atom stereocenters. The van der Waals surface area contributed by atoms with Crippen molar-refractivity contribution in [3.8, 4) is 0 Å². The smallest absolute Gasteiger partial charge is 0.264 e. The molecular formula is C46H59FN4O6Si. The number of ether oxygens (including phenoxy) is 1. The Kier molecular flexibility index (Phi) is 12.8. The Bertz CT molecular complexity index is 1960. The van der Waals surface area contributed by atoms with E-state index in [-0.39, 0.29) is 56.3 Å². The van der Waals surface area contributed by atoms with E-state index >= 15 is 8.90 Å². The van der Waals surface area contributed by atoms with Crippen LogP contribution in [-0.2, 0) is 42.6 Å². The van der Waals surface area contributed by atoms with Gasteiger partial charge in [-0.1, -0.05) is 75.1 Å². The van der Waals surface area contributed by atoms with Crippen molar-refractivity contribution in [3.63, 3.8) is 0 Å². The average Bonchev–Trinajstić information content (AvgIpc) is 3.61. The standard InChI is InChI=1S/C46H59FN4O6Si/c1-33-44(58(2,3)47)40(30-43(55)48(27-28-52)31-34-15-9-8-10-16-34)57-46(33)38-29-37(50-26-14-7-5-12-18-42(50)54)23-24-39(38)51(45(46)56)32-35-19-21-36(22-20-35)49-25-13-6-4-11-17-41(49)53/h8-10,15-16,19-24,29,33,40,44,52H,4-7,11-14,17-18,25-28,30-32H2,1-3H3/t33-,40+,44-,46+/m0/s1. The van der Waals surface area contributed by atoms with Crippen LogP contribution in [0.25, 0.3) is 0 Å². The summed E-state index contributed by atoms with van der Waals surface area (Å²) in [4.78, 5) is 62.9. The molecule has 58 heavy (non-hydrogen) atoms. The topological polar surface area (TPSA) is 111 Å². The summed E-state index contributed by atoms with van der Waals surface area (Å²) in [5.74, 6) is -1.07. The van der Waals surface area contributed by atoms with E-state index in [9.17, 15) is 19.5 Å². The van der Waals surface area contributed by atoms with Gasteiger partial charge < -0.3 is 33.6 Å².